The summed E-state index contributed by atoms with van der Waals surface area (Å²) in [7, 11) is 1.83. The second kappa shape index (κ2) is 8.08. The van der Waals surface area contributed by atoms with Crippen molar-refractivity contribution in [1.82, 2.24) is 4.90 Å². The monoisotopic (exact) mass is 399 g/mol. The molecular formula is C25H25N3O2. The Balaban J connectivity index is 1.76. The number of ketones is 1. The van der Waals surface area contributed by atoms with E-state index in [1.54, 1.807) is 4.90 Å². The maximum absolute atomic E-state index is 13.0. The number of hydrogen-bond acceptors (Lipinski definition) is 5. The maximum atomic E-state index is 13.0. The van der Waals surface area contributed by atoms with Crippen LogP contribution in [0.2, 0.25) is 0 Å². The summed E-state index contributed by atoms with van der Waals surface area (Å²) in [4.78, 5) is 14.8. The lowest BCUT2D eigenvalue weighted by Gasteiger charge is -2.38. The fourth-order valence-corrected chi connectivity index (χ4v) is 4.27. The highest BCUT2D eigenvalue weighted by molar-refractivity contribution is 6.00. The number of nitrogens with zero attached hydrogens (tertiary/aromatic N) is 2. The van der Waals surface area contributed by atoms with E-state index in [1.807, 2.05) is 50.4 Å². The molecular weight excluding hydrogens is 374 g/mol. The van der Waals surface area contributed by atoms with Crippen LogP contribution in [0.25, 0.3) is 0 Å². The zero-order valence-electron chi connectivity index (χ0n) is 17.3. The van der Waals surface area contributed by atoms with Crippen molar-refractivity contribution < 1.29 is 9.53 Å². The third-order valence-electron chi connectivity index (χ3n) is 5.91. The molecule has 0 amide bonds. The molecule has 0 unspecified atom stereocenters. The summed E-state index contributed by atoms with van der Waals surface area (Å²) < 4.78 is 6.17. The number of nitriles is 1. The largest absolute Gasteiger partial charge is 0.489 e. The van der Waals surface area contributed by atoms with Crippen molar-refractivity contribution in [2.75, 3.05) is 7.05 Å². The molecule has 1 heterocycles. The molecule has 2 aromatic rings. The van der Waals surface area contributed by atoms with Crippen molar-refractivity contribution in [1.29, 1.82) is 5.26 Å². The Kier molecular flexibility index (Phi) is 5.33. The number of Topliss-reactive ketones (excluding diaryl/α,β-unsaturated/α-hetero) is 1. The van der Waals surface area contributed by atoms with Crippen molar-refractivity contribution >= 4 is 5.78 Å². The van der Waals surface area contributed by atoms with Crippen LogP contribution >= 0.6 is 0 Å². The van der Waals surface area contributed by atoms with Gasteiger partial charge in [-0.2, -0.15) is 5.26 Å². The van der Waals surface area contributed by atoms with Crippen molar-refractivity contribution in [3.63, 3.8) is 0 Å². The number of nitrogens with two attached hydrogens (primary N) is 1. The topological polar surface area (TPSA) is 79.3 Å². The lowest BCUT2D eigenvalue weighted by Crippen LogP contribution is -2.36. The van der Waals surface area contributed by atoms with Crippen LogP contribution < -0.4 is 10.5 Å². The van der Waals surface area contributed by atoms with Crippen LogP contribution in [-0.4, -0.2) is 17.7 Å². The molecule has 0 spiro atoms. The van der Waals surface area contributed by atoms with Crippen molar-refractivity contribution in [2.45, 2.75) is 38.7 Å². The molecule has 1 aliphatic carbocycles. The van der Waals surface area contributed by atoms with Crippen molar-refractivity contribution in [3.8, 4) is 11.8 Å². The molecule has 1 aliphatic heterocycles. The van der Waals surface area contributed by atoms with Crippen LogP contribution in [0.4, 0.5) is 0 Å². The van der Waals surface area contributed by atoms with Gasteiger partial charge in [0, 0.05) is 30.3 Å². The number of hydrogen-bond donors (Lipinski definition) is 1. The molecule has 0 bridgehead atoms. The van der Waals surface area contributed by atoms with Gasteiger partial charge >= 0.3 is 0 Å². The summed E-state index contributed by atoms with van der Waals surface area (Å²) in [5, 5.41) is 9.92. The molecule has 0 aromatic heterocycles. The van der Waals surface area contributed by atoms with Crippen molar-refractivity contribution in [3.05, 3.63) is 87.9 Å². The van der Waals surface area contributed by atoms with E-state index in [9.17, 15) is 10.1 Å². The van der Waals surface area contributed by atoms with Crippen molar-refractivity contribution in [2.24, 2.45) is 5.73 Å². The smallest absolute Gasteiger partial charge is 0.161 e. The number of aryl methyl sites for hydroxylation is 1. The first-order chi connectivity index (χ1) is 14.5. The van der Waals surface area contributed by atoms with E-state index in [4.69, 9.17) is 10.5 Å². The molecule has 0 saturated carbocycles. The van der Waals surface area contributed by atoms with Gasteiger partial charge < -0.3 is 15.4 Å². The van der Waals surface area contributed by atoms with Gasteiger partial charge in [0.05, 0.1) is 17.6 Å². The Hall–Kier alpha value is -3.52. The van der Waals surface area contributed by atoms with Crippen LogP contribution in [0, 0.1) is 18.3 Å². The number of carbonyl (C=O) groups is 1. The summed E-state index contributed by atoms with van der Waals surface area (Å²) in [5.41, 5.74) is 11.4. The Morgan fingerprint density at radius 1 is 1.17 bits per heavy atom. The molecule has 5 nitrogen and oxygen atoms in total. The van der Waals surface area contributed by atoms with Gasteiger partial charge in [-0.05, 0) is 31.4 Å². The third kappa shape index (κ3) is 3.46. The van der Waals surface area contributed by atoms with Gasteiger partial charge in [0.1, 0.15) is 18.2 Å². The summed E-state index contributed by atoms with van der Waals surface area (Å²) >= 11 is 0. The van der Waals surface area contributed by atoms with E-state index in [2.05, 4.69) is 18.2 Å². The molecule has 152 valence electrons. The minimum absolute atomic E-state index is 0.0849. The van der Waals surface area contributed by atoms with Crippen LogP contribution in [0.15, 0.2) is 71.2 Å². The highest BCUT2D eigenvalue weighted by atomic mass is 16.5. The average molecular weight is 399 g/mol. The molecule has 2 N–H and O–H groups in total. The number of allylic oxidation sites excluding steroid dienone is 3. The van der Waals surface area contributed by atoms with Gasteiger partial charge in [0.15, 0.2) is 5.78 Å². The number of ether oxygens (including phenoxy) is 1. The quantitative estimate of drug-likeness (QED) is 0.829. The van der Waals surface area contributed by atoms with Gasteiger partial charge in [-0.1, -0.05) is 48.0 Å². The van der Waals surface area contributed by atoms with Crippen LogP contribution in [0.1, 0.15) is 41.9 Å². The zero-order valence-corrected chi connectivity index (χ0v) is 17.3. The predicted molar refractivity (Wildman–Crippen MR) is 115 cm³/mol. The first-order valence-corrected chi connectivity index (χ1v) is 10.2. The fraction of sp³-hybridized carbons (Fsp3) is 0.280. The van der Waals surface area contributed by atoms with E-state index >= 15 is 0 Å². The molecule has 2 aromatic carbocycles. The van der Waals surface area contributed by atoms with Crippen LogP contribution in [-0.2, 0) is 11.4 Å². The Morgan fingerprint density at radius 2 is 1.90 bits per heavy atom. The van der Waals surface area contributed by atoms with E-state index in [0.29, 0.717) is 35.7 Å². The second-order valence-corrected chi connectivity index (χ2v) is 7.85. The zero-order chi connectivity index (χ0) is 21.3. The average Bonchev–Trinajstić information content (AvgIpc) is 2.76. The van der Waals surface area contributed by atoms with Gasteiger partial charge in [0.25, 0.3) is 0 Å². The summed E-state index contributed by atoms with van der Waals surface area (Å²) in [6.45, 7) is 2.46. The summed E-state index contributed by atoms with van der Waals surface area (Å²) in [6.07, 6.45) is 2.07. The van der Waals surface area contributed by atoms with Gasteiger partial charge in [-0.3, -0.25) is 4.79 Å². The number of carbonyl (C=O) groups excluding carboxylic acids is 1. The van der Waals surface area contributed by atoms with Gasteiger partial charge in [0.2, 0.25) is 0 Å². The lowest BCUT2D eigenvalue weighted by molar-refractivity contribution is -0.116. The SMILES string of the molecule is Cc1ccc(COc2ccccc2[C@H]2C(C#N)=C(N)N(C)C3=C2C(=O)CCC3)cc1. The highest BCUT2D eigenvalue weighted by Crippen LogP contribution is 2.46. The van der Waals surface area contributed by atoms with Crippen LogP contribution in [0.3, 0.4) is 0 Å². The lowest BCUT2D eigenvalue weighted by atomic mass is 9.75. The molecule has 1 atom stereocenters. The molecule has 5 heteroatoms. The first kappa shape index (κ1) is 19.8. The molecule has 0 saturated heterocycles. The van der Waals surface area contributed by atoms with E-state index in [1.165, 1.54) is 5.56 Å². The van der Waals surface area contributed by atoms with E-state index in [-0.39, 0.29) is 5.78 Å². The van der Waals surface area contributed by atoms with E-state index in [0.717, 1.165) is 29.7 Å². The number of para-hydroxylation sites is 1. The fourth-order valence-electron chi connectivity index (χ4n) is 4.27. The number of rotatable bonds is 4. The second-order valence-electron chi connectivity index (χ2n) is 7.85. The Morgan fingerprint density at radius 3 is 2.63 bits per heavy atom. The minimum atomic E-state index is -0.497. The summed E-state index contributed by atoms with van der Waals surface area (Å²) in [5.74, 6) is 0.660. The maximum Gasteiger partial charge on any atom is 0.161 e. The molecule has 30 heavy (non-hydrogen) atoms. The highest BCUT2D eigenvalue weighted by Gasteiger charge is 2.39. The molecule has 2 aliphatic rings. The van der Waals surface area contributed by atoms with E-state index < -0.39 is 5.92 Å². The first-order valence-electron chi connectivity index (χ1n) is 10.2. The third-order valence-corrected chi connectivity index (χ3v) is 5.91. The minimum Gasteiger partial charge on any atom is -0.489 e. The van der Waals surface area contributed by atoms with Crippen LogP contribution in [0.5, 0.6) is 5.75 Å². The Labute approximate surface area is 177 Å². The molecule has 4 rings (SSSR count). The standard InChI is InChI=1S/C25H25N3O2/c1-16-10-12-17(13-11-16)15-30-22-9-4-3-6-18(22)23-19(14-26)25(27)28(2)20-7-5-8-21(29)24(20)23/h3-4,6,9-13,23H,5,7-8,15,27H2,1-2H3/t23-/m0/s1. The Bertz CT molecular complexity index is 1090. The van der Waals surface area contributed by atoms with Gasteiger partial charge in [-0.25, -0.2) is 0 Å². The normalized spacial score (nSPS) is 18.9. The predicted octanol–water partition coefficient (Wildman–Crippen LogP) is 4.30. The molecule has 0 radical (unpaired) electrons. The molecule has 0 fully saturated rings. The number of benzene rings is 2. The summed E-state index contributed by atoms with van der Waals surface area (Å²) in [6, 6.07) is 18.1. The van der Waals surface area contributed by atoms with Gasteiger partial charge in [-0.15, -0.1) is 0 Å².